The third-order valence-corrected chi connectivity index (χ3v) is 9.39. The molecule has 2 aliphatic rings. The molecule has 4 nitrogen and oxygen atoms in total. The first-order chi connectivity index (χ1) is 22.7. The van der Waals surface area contributed by atoms with Crippen LogP contribution in [0.3, 0.4) is 0 Å². The van der Waals surface area contributed by atoms with Crippen molar-refractivity contribution in [2.75, 3.05) is 0 Å². The first-order valence-corrected chi connectivity index (χ1v) is 15.5. The van der Waals surface area contributed by atoms with E-state index in [4.69, 9.17) is 6.87 Å². The Kier molecular flexibility index (Phi) is 10.6. The quantitative estimate of drug-likeness (QED) is 0.0801. The first kappa shape index (κ1) is 32.2. The van der Waals surface area contributed by atoms with Crippen molar-refractivity contribution in [2.45, 2.75) is 49.7 Å². The van der Waals surface area contributed by atoms with Gasteiger partial charge in [0.1, 0.15) is 0 Å². The van der Waals surface area contributed by atoms with Crippen LogP contribution >= 0.6 is 0 Å². The molecule has 0 saturated carbocycles. The minimum absolute atomic E-state index is 0. The normalized spacial score (nSPS) is 19.2. The number of rotatable bonds is 5. The van der Waals surface area contributed by atoms with Crippen molar-refractivity contribution in [3.63, 3.8) is 0 Å². The van der Waals surface area contributed by atoms with Crippen LogP contribution in [0, 0.1) is 31.1 Å². The van der Waals surface area contributed by atoms with E-state index in [-0.39, 0.29) is 43.3 Å². The fraction of sp³-hybridized carbons (Fsp3) is 0.200. The zero-order valence-electron chi connectivity index (χ0n) is 26.7. The fourth-order valence-electron chi connectivity index (χ4n) is 7.28. The Labute approximate surface area is 297 Å². The van der Waals surface area contributed by atoms with Crippen LogP contribution in [0.1, 0.15) is 70.2 Å². The van der Waals surface area contributed by atoms with Gasteiger partial charge in [0.05, 0.1) is 12.1 Å². The molecule has 0 aliphatic heterocycles. The van der Waals surface area contributed by atoms with E-state index in [0.717, 1.165) is 31.2 Å². The summed E-state index contributed by atoms with van der Waals surface area (Å²) in [6, 6.07) is 46.9. The minimum Gasteiger partial charge on any atom is -0.388 e. The molecule has 6 aromatic rings. The summed E-state index contributed by atoms with van der Waals surface area (Å²) < 4.78 is 5.25. The number of fused-ring (bicyclic) bond motifs is 4. The molecule has 1 N–H and O–H groups in total. The number of aliphatic hydroxyl groups is 1. The van der Waals surface area contributed by atoms with Gasteiger partial charge in [-0.25, -0.2) is 0 Å². The van der Waals surface area contributed by atoms with E-state index in [1.54, 1.807) is 0 Å². The second-order valence-corrected chi connectivity index (χ2v) is 12.1. The van der Waals surface area contributed by atoms with Crippen LogP contribution in [0.5, 0.6) is 0 Å². The van der Waals surface area contributed by atoms with Crippen LogP contribution < -0.4 is 0 Å². The van der Waals surface area contributed by atoms with Gasteiger partial charge in [0.2, 0.25) is 0 Å². The van der Waals surface area contributed by atoms with Gasteiger partial charge in [0.15, 0.2) is 0 Å². The van der Waals surface area contributed by atoms with Gasteiger partial charge in [-0.2, -0.15) is 0 Å². The third kappa shape index (κ3) is 7.12. The second kappa shape index (κ2) is 15.2. The molecule has 224 valence electrons. The van der Waals surface area contributed by atoms with Crippen molar-refractivity contribution in [3.8, 4) is 0 Å². The van der Waals surface area contributed by atoms with Crippen molar-refractivity contribution in [3.05, 3.63) is 177 Å². The molecule has 2 aliphatic carbocycles. The van der Waals surface area contributed by atoms with Crippen molar-refractivity contribution in [1.82, 2.24) is 0 Å². The third-order valence-electron chi connectivity index (χ3n) is 9.39. The largest absolute Gasteiger partial charge is 0.388 e. The van der Waals surface area contributed by atoms with Gasteiger partial charge in [0.25, 0.3) is 0 Å². The van der Waals surface area contributed by atoms with Gasteiger partial charge >= 0.3 is 0 Å². The van der Waals surface area contributed by atoms with Crippen LogP contribution in [0.4, 0.5) is 0 Å². The van der Waals surface area contributed by atoms with Gasteiger partial charge in [-0.05, 0) is 99.3 Å². The molecule has 6 aromatic carbocycles. The summed E-state index contributed by atoms with van der Waals surface area (Å²) in [6.07, 6.45) is 3.42. The molecule has 0 bridgehead atoms. The second-order valence-electron chi connectivity index (χ2n) is 12.1. The molecule has 0 heterocycles. The van der Waals surface area contributed by atoms with E-state index < -0.39 is 0 Å². The molecule has 46 heavy (non-hydrogen) atoms. The van der Waals surface area contributed by atoms with Crippen LogP contribution in [-0.4, -0.2) is 14.8 Å². The molecule has 0 spiro atoms. The van der Waals surface area contributed by atoms with E-state index in [9.17, 15) is 5.11 Å². The van der Waals surface area contributed by atoms with Crippen molar-refractivity contribution < 1.29 is 36.2 Å². The fourth-order valence-corrected chi connectivity index (χ4v) is 7.28. The maximum absolute atomic E-state index is 10.2. The van der Waals surface area contributed by atoms with Gasteiger partial charge in [-0.1, -0.05) is 139 Å². The van der Waals surface area contributed by atoms with E-state index in [0.29, 0.717) is 11.8 Å². The van der Waals surface area contributed by atoms with Crippen molar-refractivity contribution >= 4 is 29.9 Å². The number of hydrogen-bond donors (Lipinski definition) is 1. The van der Waals surface area contributed by atoms with Crippen LogP contribution in [0.2, 0.25) is 0 Å². The molecule has 0 amide bonds. The molecule has 6 heteroatoms. The van der Waals surface area contributed by atoms with Gasteiger partial charge < -0.3 is 5.11 Å². The Morgan fingerprint density at radius 2 is 1.04 bits per heavy atom. The average molecular weight is 825 g/mol. The van der Waals surface area contributed by atoms with E-state index in [1.165, 1.54) is 49.4 Å². The predicted octanol–water partition coefficient (Wildman–Crippen LogP) is 9.88. The molecule has 4 atom stereocenters. The maximum atomic E-state index is 10.2. The van der Waals surface area contributed by atoms with Crippen LogP contribution in [-0.2, 0) is 12.8 Å². The maximum Gasteiger partial charge on any atom is 0.0798 e. The van der Waals surface area contributed by atoms with Crippen molar-refractivity contribution in [1.29, 1.82) is 1.34 Å². The number of benzene rings is 6. The Morgan fingerprint density at radius 1 is 0.609 bits per heavy atom. The number of nitrogens with zero attached hydrogens (tertiary/aromatic N) is 3. The molecular weight excluding hydrogens is 787 g/mol. The van der Waals surface area contributed by atoms with Gasteiger partial charge in [-0.3, -0.25) is 0 Å². The summed E-state index contributed by atoms with van der Waals surface area (Å²) in [5.74, 6) is 0.847. The smallest absolute Gasteiger partial charge is 0.0798 e. The number of aliphatic hydroxyl groups excluding tert-OH is 1. The Morgan fingerprint density at radius 3 is 1.59 bits per heavy atom. The predicted molar refractivity (Wildman–Crippen MR) is 187 cm³/mol. The molecule has 0 saturated heterocycles. The van der Waals surface area contributed by atoms with Crippen molar-refractivity contribution in [2.24, 2.45) is 5.11 Å². The van der Waals surface area contributed by atoms with Gasteiger partial charge in [0, 0.05) is 44.4 Å². The zero-order chi connectivity index (χ0) is 31.9. The van der Waals surface area contributed by atoms with E-state index >= 15 is 0 Å². The molecule has 0 fully saturated rings. The average Bonchev–Trinajstić information content (AvgIpc) is 3.62. The molecule has 0 aromatic heterocycles. The Bertz CT molecular complexity index is 2010. The molecular formula is C40H36BN3OU. The molecule has 8 rings (SSSR count). The van der Waals surface area contributed by atoms with E-state index in [1.807, 2.05) is 12.1 Å². The summed E-state index contributed by atoms with van der Waals surface area (Å²) in [5, 5.41) is 19.3. The Hall–Kier alpha value is -3.77. The summed E-state index contributed by atoms with van der Waals surface area (Å²) in [5.41, 5.74) is 16.4. The van der Waals surface area contributed by atoms with E-state index in [2.05, 4.69) is 140 Å². The monoisotopic (exact) mass is 824 g/mol. The first-order valence-electron chi connectivity index (χ1n) is 16.1. The van der Waals surface area contributed by atoms with Crippen LogP contribution in [0.25, 0.3) is 32.0 Å². The number of hydrogen-bond acceptors (Lipinski definition) is 2. The SMILES string of the molecule is OC1CC(Cc2ccc3ccccc3c2)c2ccccc21.[2H][B].[N-]=[N+]=NC1CC(Cc2ccc3ccccc3c2)c2ccccc21.[U]. The summed E-state index contributed by atoms with van der Waals surface area (Å²) >= 11 is 0. The topological polar surface area (TPSA) is 69.0 Å². The van der Waals surface area contributed by atoms with Gasteiger partial charge in [-0.15, -0.1) is 0 Å². The summed E-state index contributed by atoms with van der Waals surface area (Å²) in [4.78, 5) is 3.02. The minimum atomic E-state index is -0.299. The summed E-state index contributed by atoms with van der Waals surface area (Å²) in [6.45, 7) is 0. The number of azide groups is 1. The molecule has 4 unspecified atom stereocenters. The Balaban J connectivity index is 0.000000172. The zero-order valence-corrected chi connectivity index (χ0v) is 29.9. The standard InChI is InChI=1S/C20H17N3.C20H18O.BH.U/c21-23-22-20-13-17(18-7-3-4-8-19(18)20)12-14-9-10-15-5-1-2-6-16(15)11-14;21-20-13-17(18-7-3-4-8-19(18)20)12-14-9-10-15-5-1-2-6-16(15)11-14;;/h1-11,17,20H,12-13H2;1-11,17,20-21H,12-13H2;1H;/i;;1D;. The van der Waals surface area contributed by atoms with Crippen LogP contribution in [0.15, 0.2) is 139 Å². The molecule has 2 radical (unpaired) electrons. The summed E-state index contributed by atoms with van der Waals surface area (Å²) in [7, 11) is 3.75.